The number of pyridine rings is 1. The van der Waals surface area contributed by atoms with Crippen LogP contribution in [0.25, 0.3) is 0 Å². The molecule has 0 amide bonds. The molecule has 6 heteroatoms. The van der Waals surface area contributed by atoms with Crippen molar-refractivity contribution in [2.24, 2.45) is 0 Å². The molecular weight excluding hydrogens is 354 g/mol. The molecule has 1 heterocycles. The largest absolute Gasteiger partial charge is 0.493 e. The lowest BCUT2D eigenvalue weighted by Gasteiger charge is -2.22. The Morgan fingerprint density at radius 3 is 2.50 bits per heavy atom. The van der Waals surface area contributed by atoms with E-state index in [-0.39, 0.29) is 6.61 Å². The van der Waals surface area contributed by atoms with Crippen molar-refractivity contribution in [2.45, 2.75) is 33.0 Å². The van der Waals surface area contributed by atoms with Crippen molar-refractivity contribution in [3.05, 3.63) is 53.9 Å². The summed E-state index contributed by atoms with van der Waals surface area (Å²) in [6.45, 7) is 8.40. The average Bonchev–Trinajstić information content (AvgIpc) is 2.71. The summed E-state index contributed by atoms with van der Waals surface area (Å²) in [4.78, 5) is 8.74. The quantitative estimate of drug-likeness (QED) is 0.604. The molecule has 0 unspecified atom stereocenters. The predicted molar refractivity (Wildman–Crippen MR) is 112 cm³/mol. The zero-order valence-corrected chi connectivity index (χ0v) is 17.5. The van der Waals surface area contributed by atoms with Gasteiger partial charge in [-0.05, 0) is 50.0 Å². The lowest BCUT2D eigenvalue weighted by atomic mass is 10.2. The molecule has 6 nitrogen and oxygen atoms in total. The third-order valence-corrected chi connectivity index (χ3v) is 4.63. The Bertz CT molecular complexity index is 693. The fraction of sp³-hybridized carbons (Fsp3) is 0.500. The van der Waals surface area contributed by atoms with E-state index in [1.807, 2.05) is 42.6 Å². The number of rotatable bonds is 12. The van der Waals surface area contributed by atoms with Crippen molar-refractivity contribution in [3.63, 3.8) is 0 Å². The molecule has 1 aromatic carbocycles. The summed E-state index contributed by atoms with van der Waals surface area (Å²) >= 11 is 0. The SMILES string of the molecule is CCN(CC)C[C@H](O)COc1ccc(CN(C)Cc2ccccn2)cc1OC. The summed E-state index contributed by atoms with van der Waals surface area (Å²) in [6, 6.07) is 11.9. The van der Waals surface area contributed by atoms with Gasteiger partial charge in [-0.3, -0.25) is 9.88 Å². The third-order valence-electron chi connectivity index (χ3n) is 4.63. The highest BCUT2D eigenvalue weighted by molar-refractivity contribution is 5.43. The van der Waals surface area contributed by atoms with Crippen LogP contribution in [-0.2, 0) is 13.1 Å². The molecule has 0 bridgehead atoms. The molecule has 0 aliphatic rings. The summed E-state index contributed by atoms with van der Waals surface area (Å²) < 4.78 is 11.3. The Hall–Kier alpha value is -2.15. The molecule has 0 aliphatic carbocycles. The van der Waals surface area contributed by atoms with Gasteiger partial charge in [-0.15, -0.1) is 0 Å². The molecular formula is C22H33N3O3. The van der Waals surface area contributed by atoms with Crippen LogP contribution in [0.4, 0.5) is 0 Å². The lowest BCUT2D eigenvalue weighted by molar-refractivity contribution is 0.0705. The van der Waals surface area contributed by atoms with Crippen LogP contribution >= 0.6 is 0 Å². The van der Waals surface area contributed by atoms with E-state index in [2.05, 4.69) is 35.7 Å². The van der Waals surface area contributed by atoms with Crippen LogP contribution in [0.3, 0.4) is 0 Å². The van der Waals surface area contributed by atoms with Gasteiger partial charge in [0.15, 0.2) is 11.5 Å². The maximum absolute atomic E-state index is 10.2. The first-order chi connectivity index (χ1) is 13.5. The van der Waals surface area contributed by atoms with E-state index in [1.165, 1.54) is 0 Å². The molecule has 154 valence electrons. The van der Waals surface area contributed by atoms with Crippen LogP contribution in [0.1, 0.15) is 25.1 Å². The smallest absolute Gasteiger partial charge is 0.161 e. The molecule has 1 N–H and O–H groups in total. The minimum atomic E-state index is -0.534. The Morgan fingerprint density at radius 2 is 1.86 bits per heavy atom. The second-order valence-corrected chi connectivity index (χ2v) is 6.93. The minimum absolute atomic E-state index is 0.242. The third kappa shape index (κ3) is 7.11. The van der Waals surface area contributed by atoms with Crippen molar-refractivity contribution < 1.29 is 14.6 Å². The first-order valence-electron chi connectivity index (χ1n) is 9.84. The van der Waals surface area contributed by atoms with E-state index in [9.17, 15) is 5.11 Å². The van der Waals surface area contributed by atoms with Gasteiger partial charge < -0.3 is 19.5 Å². The zero-order chi connectivity index (χ0) is 20.4. The molecule has 0 saturated heterocycles. The molecule has 2 rings (SSSR count). The molecule has 1 atom stereocenters. The molecule has 0 saturated carbocycles. The second kappa shape index (κ2) is 11.6. The number of aromatic nitrogens is 1. The van der Waals surface area contributed by atoms with Crippen molar-refractivity contribution in [1.82, 2.24) is 14.8 Å². The monoisotopic (exact) mass is 387 g/mol. The Morgan fingerprint density at radius 1 is 1.07 bits per heavy atom. The highest BCUT2D eigenvalue weighted by atomic mass is 16.5. The van der Waals surface area contributed by atoms with Crippen LogP contribution in [0.2, 0.25) is 0 Å². The summed E-state index contributed by atoms with van der Waals surface area (Å²) in [5.41, 5.74) is 2.17. The van der Waals surface area contributed by atoms with Crippen LogP contribution < -0.4 is 9.47 Å². The number of nitrogens with zero attached hydrogens (tertiary/aromatic N) is 3. The topological polar surface area (TPSA) is 58.1 Å². The molecule has 28 heavy (non-hydrogen) atoms. The maximum atomic E-state index is 10.2. The standard InChI is InChI=1S/C22H33N3O3/c1-5-25(6-2)16-20(26)17-28-21-11-10-18(13-22(21)27-4)14-24(3)15-19-9-7-8-12-23-19/h7-13,20,26H,5-6,14-17H2,1-4H3/t20-/m0/s1. The average molecular weight is 388 g/mol. The number of methoxy groups -OCH3 is 1. The Kier molecular flexibility index (Phi) is 9.20. The number of benzene rings is 1. The van der Waals surface area contributed by atoms with E-state index in [0.717, 1.165) is 37.4 Å². The fourth-order valence-electron chi connectivity index (χ4n) is 3.08. The van der Waals surface area contributed by atoms with Crippen molar-refractivity contribution >= 4 is 0 Å². The van der Waals surface area contributed by atoms with Gasteiger partial charge in [-0.2, -0.15) is 0 Å². The van der Waals surface area contributed by atoms with E-state index >= 15 is 0 Å². The van der Waals surface area contributed by atoms with Gasteiger partial charge in [0.1, 0.15) is 12.7 Å². The highest BCUT2D eigenvalue weighted by Gasteiger charge is 2.13. The van der Waals surface area contributed by atoms with E-state index in [1.54, 1.807) is 7.11 Å². The van der Waals surface area contributed by atoms with Gasteiger partial charge >= 0.3 is 0 Å². The summed E-state index contributed by atoms with van der Waals surface area (Å²) in [5.74, 6) is 1.33. The Balaban J connectivity index is 1.92. The normalized spacial score (nSPS) is 12.4. The van der Waals surface area contributed by atoms with Gasteiger partial charge in [-0.25, -0.2) is 0 Å². The second-order valence-electron chi connectivity index (χ2n) is 6.93. The van der Waals surface area contributed by atoms with Crippen molar-refractivity contribution in [1.29, 1.82) is 0 Å². The van der Waals surface area contributed by atoms with Crippen LogP contribution in [0, 0.1) is 0 Å². The fourth-order valence-corrected chi connectivity index (χ4v) is 3.08. The van der Waals surface area contributed by atoms with Gasteiger partial charge in [0.25, 0.3) is 0 Å². The van der Waals surface area contributed by atoms with Crippen LogP contribution in [0.5, 0.6) is 11.5 Å². The summed E-state index contributed by atoms with van der Waals surface area (Å²) in [6.07, 6.45) is 1.28. The highest BCUT2D eigenvalue weighted by Crippen LogP contribution is 2.28. The molecule has 0 radical (unpaired) electrons. The molecule has 0 spiro atoms. The summed E-state index contributed by atoms with van der Waals surface area (Å²) in [5, 5.41) is 10.2. The van der Waals surface area contributed by atoms with Crippen LogP contribution in [-0.4, -0.2) is 66.4 Å². The minimum Gasteiger partial charge on any atom is -0.493 e. The lowest BCUT2D eigenvalue weighted by Crippen LogP contribution is -2.35. The predicted octanol–water partition coefficient (Wildman–Crippen LogP) is 2.80. The number of ether oxygens (including phenoxy) is 2. The van der Waals surface area contributed by atoms with E-state index < -0.39 is 6.10 Å². The molecule has 0 aliphatic heterocycles. The first-order valence-corrected chi connectivity index (χ1v) is 9.84. The number of aliphatic hydroxyl groups excluding tert-OH is 1. The first kappa shape index (κ1) is 22.1. The Labute approximate surface area is 168 Å². The van der Waals surface area contributed by atoms with E-state index in [0.29, 0.717) is 18.0 Å². The van der Waals surface area contributed by atoms with Gasteiger partial charge in [0.05, 0.1) is 12.8 Å². The molecule has 0 fully saturated rings. The van der Waals surface area contributed by atoms with Crippen molar-refractivity contribution in [3.8, 4) is 11.5 Å². The molecule has 2 aromatic rings. The van der Waals surface area contributed by atoms with Gasteiger partial charge in [0, 0.05) is 25.8 Å². The van der Waals surface area contributed by atoms with Gasteiger partial charge in [-0.1, -0.05) is 26.0 Å². The molecule has 1 aromatic heterocycles. The number of aliphatic hydroxyl groups is 1. The van der Waals surface area contributed by atoms with Crippen LogP contribution in [0.15, 0.2) is 42.6 Å². The van der Waals surface area contributed by atoms with Gasteiger partial charge in [0.2, 0.25) is 0 Å². The van der Waals surface area contributed by atoms with Crippen molar-refractivity contribution in [2.75, 3.05) is 40.4 Å². The number of hydrogen-bond acceptors (Lipinski definition) is 6. The summed E-state index contributed by atoms with van der Waals surface area (Å²) in [7, 11) is 3.70. The van der Waals surface area contributed by atoms with E-state index in [4.69, 9.17) is 9.47 Å². The zero-order valence-electron chi connectivity index (χ0n) is 17.5. The number of likely N-dealkylation sites (N-methyl/N-ethyl adjacent to an activating group) is 1. The number of hydrogen-bond donors (Lipinski definition) is 1. The maximum Gasteiger partial charge on any atom is 0.161 e.